The number of rotatable bonds is 6. The van der Waals surface area contributed by atoms with E-state index in [9.17, 15) is 4.79 Å². The smallest absolute Gasteiger partial charge is 0.150 e. The molecule has 1 aromatic rings. The molecule has 0 aliphatic carbocycles. The van der Waals surface area contributed by atoms with Crippen LogP contribution in [0.15, 0.2) is 65.5 Å². The quantitative estimate of drug-likeness (QED) is 0.743. The summed E-state index contributed by atoms with van der Waals surface area (Å²) in [6, 6.07) is 4.05. The van der Waals surface area contributed by atoms with E-state index in [1.165, 1.54) is 4.88 Å². The number of allylic oxidation sites excluding steroid dienone is 3. The average Bonchev–Trinajstić information content (AvgIpc) is 2.99. The van der Waals surface area contributed by atoms with Crippen LogP contribution in [0.2, 0.25) is 0 Å². The van der Waals surface area contributed by atoms with Crippen molar-refractivity contribution >= 4 is 17.6 Å². The van der Waals surface area contributed by atoms with E-state index in [0.717, 1.165) is 23.3 Å². The molecule has 0 fully saturated rings. The lowest BCUT2D eigenvalue weighted by molar-refractivity contribution is -0.104. The van der Waals surface area contributed by atoms with Crippen LogP contribution < -0.4 is 0 Å². The molecule has 2 heterocycles. The van der Waals surface area contributed by atoms with E-state index in [0.29, 0.717) is 12.2 Å². The summed E-state index contributed by atoms with van der Waals surface area (Å²) in [5.41, 5.74) is 3.17. The Morgan fingerprint density at radius 1 is 1.52 bits per heavy atom. The van der Waals surface area contributed by atoms with Crippen molar-refractivity contribution in [1.82, 2.24) is 4.90 Å². The van der Waals surface area contributed by atoms with E-state index < -0.39 is 0 Å². The van der Waals surface area contributed by atoms with Gasteiger partial charge < -0.3 is 9.64 Å². The van der Waals surface area contributed by atoms with Crippen LogP contribution in [-0.2, 0) is 16.1 Å². The normalized spacial score (nSPS) is 16.8. The maximum absolute atomic E-state index is 11.2. The molecule has 0 amide bonds. The molecule has 0 saturated carbocycles. The number of aldehydes is 1. The SMILES string of the molecule is C=CN1C(=C)C=C(C=O)C(C)=C1C(C)OCc1cccs1. The van der Waals surface area contributed by atoms with Crippen LogP contribution in [0.25, 0.3) is 0 Å². The van der Waals surface area contributed by atoms with Crippen LogP contribution >= 0.6 is 11.3 Å². The van der Waals surface area contributed by atoms with E-state index >= 15 is 0 Å². The van der Waals surface area contributed by atoms with Crippen molar-refractivity contribution in [2.24, 2.45) is 0 Å². The van der Waals surface area contributed by atoms with Crippen molar-refractivity contribution in [3.63, 3.8) is 0 Å². The molecule has 1 aromatic heterocycles. The minimum Gasteiger partial charge on any atom is -0.367 e. The Kier molecular flexibility index (Phi) is 4.94. The minimum atomic E-state index is -0.162. The van der Waals surface area contributed by atoms with Gasteiger partial charge in [-0.2, -0.15) is 0 Å². The molecular weight excluding hydrogens is 282 g/mol. The molecule has 1 unspecified atom stereocenters. The Hall–Kier alpha value is -1.91. The first-order valence-electron chi connectivity index (χ1n) is 6.71. The van der Waals surface area contributed by atoms with E-state index in [1.54, 1.807) is 23.6 Å². The number of ether oxygens (including phenoxy) is 1. The third-order valence-corrected chi connectivity index (χ3v) is 4.31. The van der Waals surface area contributed by atoms with Crippen molar-refractivity contribution in [2.75, 3.05) is 0 Å². The highest BCUT2D eigenvalue weighted by Crippen LogP contribution is 2.31. The summed E-state index contributed by atoms with van der Waals surface area (Å²) < 4.78 is 5.95. The number of thiophene rings is 1. The van der Waals surface area contributed by atoms with E-state index in [-0.39, 0.29) is 6.10 Å². The third-order valence-electron chi connectivity index (χ3n) is 3.46. The van der Waals surface area contributed by atoms with E-state index in [1.807, 2.05) is 36.3 Å². The molecule has 1 aliphatic rings. The summed E-state index contributed by atoms with van der Waals surface area (Å²) in [4.78, 5) is 14.2. The van der Waals surface area contributed by atoms with Gasteiger partial charge in [-0.05, 0) is 36.9 Å². The molecular formula is C17H19NO2S. The monoisotopic (exact) mass is 301 g/mol. The van der Waals surface area contributed by atoms with Gasteiger partial charge in [0.05, 0.1) is 18.4 Å². The highest BCUT2D eigenvalue weighted by atomic mass is 32.1. The minimum absolute atomic E-state index is 0.162. The number of hydrogen-bond donors (Lipinski definition) is 0. The van der Waals surface area contributed by atoms with Gasteiger partial charge >= 0.3 is 0 Å². The fourth-order valence-electron chi connectivity index (χ4n) is 2.36. The number of nitrogens with zero attached hydrogens (tertiary/aromatic N) is 1. The lowest BCUT2D eigenvalue weighted by Crippen LogP contribution is -2.29. The van der Waals surface area contributed by atoms with Gasteiger partial charge in [-0.1, -0.05) is 19.2 Å². The van der Waals surface area contributed by atoms with Crippen molar-refractivity contribution in [2.45, 2.75) is 26.6 Å². The van der Waals surface area contributed by atoms with Gasteiger partial charge in [0.25, 0.3) is 0 Å². The van der Waals surface area contributed by atoms with E-state index in [4.69, 9.17) is 4.74 Å². The van der Waals surface area contributed by atoms with Crippen LogP contribution in [0.5, 0.6) is 0 Å². The number of carbonyl (C=O) groups is 1. The first-order valence-corrected chi connectivity index (χ1v) is 7.59. The Labute approximate surface area is 129 Å². The molecule has 1 aliphatic heterocycles. The van der Waals surface area contributed by atoms with Gasteiger partial charge in [0, 0.05) is 22.3 Å². The molecule has 0 N–H and O–H groups in total. The second kappa shape index (κ2) is 6.70. The third kappa shape index (κ3) is 3.23. The van der Waals surface area contributed by atoms with Gasteiger partial charge in [-0.25, -0.2) is 0 Å². The predicted octanol–water partition coefficient (Wildman–Crippen LogP) is 4.03. The summed E-state index contributed by atoms with van der Waals surface area (Å²) in [6.45, 7) is 12.2. The van der Waals surface area contributed by atoms with Gasteiger partial charge in [0.15, 0.2) is 0 Å². The Morgan fingerprint density at radius 2 is 2.29 bits per heavy atom. The highest BCUT2D eigenvalue weighted by molar-refractivity contribution is 7.09. The van der Waals surface area contributed by atoms with E-state index in [2.05, 4.69) is 13.2 Å². The Bertz CT molecular complexity index is 611. The lowest BCUT2D eigenvalue weighted by Gasteiger charge is -2.33. The highest BCUT2D eigenvalue weighted by Gasteiger charge is 2.25. The average molecular weight is 301 g/mol. The Balaban J connectivity index is 2.23. The zero-order valence-electron chi connectivity index (χ0n) is 12.3. The van der Waals surface area contributed by atoms with Crippen molar-refractivity contribution < 1.29 is 9.53 Å². The van der Waals surface area contributed by atoms with Gasteiger partial charge in [-0.3, -0.25) is 4.79 Å². The number of carbonyl (C=O) groups excluding carboxylic acids is 1. The lowest BCUT2D eigenvalue weighted by atomic mass is 9.98. The summed E-state index contributed by atoms with van der Waals surface area (Å²) in [5, 5.41) is 2.03. The van der Waals surface area contributed by atoms with Crippen LogP contribution in [0.1, 0.15) is 18.7 Å². The topological polar surface area (TPSA) is 29.5 Å². The van der Waals surface area contributed by atoms with Crippen LogP contribution in [0.4, 0.5) is 0 Å². The first kappa shape index (κ1) is 15.5. The summed E-state index contributed by atoms with van der Waals surface area (Å²) in [5.74, 6) is 0. The first-order chi connectivity index (χ1) is 10.1. The Morgan fingerprint density at radius 3 is 2.86 bits per heavy atom. The summed E-state index contributed by atoms with van der Waals surface area (Å²) in [7, 11) is 0. The van der Waals surface area contributed by atoms with Gasteiger partial charge in [0.2, 0.25) is 0 Å². The molecule has 3 nitrogen and oxygen atoms in total. The van der Waals surface area contributed by atoms with Crippen molar-refractivity contribution in [3.05, 3.63) is 70.4 Å². The summed E-state index contributed by atoms with van der Waals surface area (Å²) in [6.07, 6.45) is 4.15. The molecule has 0 spiro atoms. The molecule has 2 rings (SSSR count). The molecule has 0 radical (unpaired) electrons. The second-order valence-electron chi connectivity index (χ2n) is 4.80. The molecule has 4 heteroatoms. The molecule has 0 bridgehead atoms. The van der Waals surface area contributed by atoms with Crippen LogP contribution in [0.3, 0.4) is 0 Å². The molecule has 0 aromatic carbocycles. The maximum atomic E-state index is 11.2. The van der Waals surface area contributed by atoms with Crippen LogP contribution in [-0.4, -0.2) is 17.3 Å². The number of hydrogen-bond acceptors (Lipinski definition) is 4. The van der Waals surface area contributed by atoms with Crippen molar-refractivity contribution in [1.29, 1.82) is 0 Å². The molecule has 21 heavy (non-hydrogen) atoms. The van der Waals surface area contributed by atoms with Crippen molar-refractivity contribution in [3.8, 4) is 0 Å². The fourth-order valence-corrected chi connectivity index (χ4v) is 2.99. The predicted molar refractivity (Wildman–Crippen MR) is 86.6 cm³/mol. The zero-order valence-corrected chi connectivity index (χ0v) is 13.2. The molecule has 0 saturated heterocycles. The summed E-state index contributed by atoms with van der Waals surface area (Å²) >= 11 is 1.66. The maximum Gasteiger partial charge on any atom is 0.150 e. The second-order valence-corrected chi connectivity index (χ2v) is 5.84. The van der Waals surface area contributed by atoms with Gasteiger partial charge in [-0.15, -0.1) is 11.3 Å². The fraction of sp³-hybridized carbons (Fsp3) is 0.235. The molecule has 1 atom stereocenters. The van der Waals surface area contributed by atoms with Gasteiger partial charge in [0.1, 0.15) is 6.29 Å². The molecule has 110 valence electrons. The van der Waals surface area contributed by atoms with Crippen LogP contribution in [0, 0.1) is 0 Å². The zero-order chi connectivity index (χ0) is 15.4. The largest absolute Gasteiger partial charge is 0.367 e. The standard InChI is InChI=1S/C17H19NO2S/c1-5-18-12(2)9-15(10-19)13(3)17(18)14(4)20-11-16-7-6-8-21-16/h5-10,14H,1-2,11H2,3-4H3.